The second-order valence-corrected chi connectivity index (χ2v) is 8.31. The highest BCUT2D eigenvalue weighted by Crippen LogP contribution is 2.30. The molecule has 3 rings (SSSR count). The molecule has 7 nitrogen and oxygen atoms in total. The third-order valence-corrected chi connectivity index (χ3v) is 5.48. The number of amides is 1. The first-order valence-corrected chi connectivity index (χ1v) is 10.5. The Hall–Kier alpha value is -2.81. The van der Waals surface area contributed by atoms with Gasteiger partial charge in [-0.3, -0.25) is 9.10 Å². The zero-order valence-corrected chi connectivity index (χ0v) is 16.3. The van der Waals surface area contributed by atoms with Gasteiger partial charge in [0.2, 0.25) is 15.9 Å². The smallest absolute Gasteiger partial charge is 0.243 e. The summed E-state index contributed by atoms with van der Waals surface area (Å²) >= 11 is 0. The lowest BCUT2D eigenvalue weighted by Gasteiger charge is -2.30. The minimum Gasteiger partial charge on any atom is -0.486 e. The van der Waals surface area contributed by atoms with Crippen LogP contribution in [0.25, 0.3) is 0 Å². The molecule has 0 aromatic heterocycles. The van der Waals surface area contributed by atoms with Gasteiger partial charge in [-0.05, 0) is 43.3 Å². The molecular formula is C19H21FN2O5S. The summed E-state index contributed by atoms with van der Waals surface area (Å²) in [6, 6.07) is 11.1. The van der Waals surface area contributed by atoms with Crippen LogP contribution in [0.2, 0.25) is 0 Å². The molecule has 0 aliphatic carbocycles. The molecule has 2 aromatic carbocycles. The number of nitrogens with one attached hydrogen (secondary N) is 1. The van der Waals surface area contributed by atoms with Gasteiger partial charge in [0.1, 0.15) is 24.6 Å². The van der Waals surface area contributed by atoms with Gasteiger partial charge in [-0.15, -0.1) is 0 Å². The summed E-state index contributed by atoms with van der Waals surface area (Å²) in [6.45, 7) is 1.88. The Labute approximate surface area is 163 Å². The molecule has 28 heavy (non-hydrogen) atoms. The molecule has 0 spiro atoms. The molecule has 2 aromatic rings. The van der Waals surface area contributed by atoms with Gasteiger partial charge in [0.25, 0.3) is 0 Å². The molecular weight excluding hydrogens is 387 g/mol. The number of sulfonamides is 1. The monoisotopic (exact) mass is 408 g/mol. The van der Waals surface area contributed by atoms with Crippen molar-refractivity contribution in [1.82, 2.24) is 5.32 Å². The number of carbonyl (C=O) groups excluding carboxylic acids is 1. The van der Waals surface area contributed by atoms with Gasteiger partial charge >= 0.3 is 0 Å². The molecule has 1 amide bonds. The number of fused-ring (bicyclic) bond motifs is 1. The van der Waals surface area contributed by atoms with Gasteiger partial charge in [0.15, 0.2) is 11.5 Å². The molecule has 0 saturated heterocycles. The predicted molar refractivity (Wildman–Crippen MR) is 103 cm³/mol. The second-order valence-electron chi connectivity index (χ2n) is 6.45. The Morgan fingerprint density at radius 3 is 2.50 bits per heavy atom. The molecule has 0 radical (unpaired) electrons. The highest BCUT2D eigenvalue weighted by Gasteiger charge is 2.30. The SMILES string of the molecule is C[C@H](C(=O)NC[C@@H]1COc2ccccc2O1)N(c1ccc(F)cc1)S(C)(=O)=O. The van der Waals surface area contributed by atoms with E-state index < -0.39 is 33.9 Å². The maximum absolute atomic E-state index is 13.2. The fourth-order valence-electron chi connectivity index (χ4n) is 2.92. The molecule has 0 bridgehead atoms. The van der Waals surface area contributed by atoms with Gasteiger partial charge in [0.05, 0.1) is 18.5 Å². The molecule has 1 heterocycles. The van der Waals surface area contributed by atoms with Crippen molar-refractivity contribution >= 4 is 21.6 Å². The summed E-state index contributed by atoms with van der Waals surface area (Å²) in [5.74, 6) is 0.226. The van der Waals surface area contributed by atoms with Gasteiger partial charge in [-0.25, -0.2) is 12.8 Å². The van der Waals surface area contributed by atoms with Gasteiger partial charge < -0.3 is 14.8 Å². The first kappa shape index (κ1) is 19.9. The van der Waals surface area contributed by atoms with Crippen LogP contribution in [0.1, 0.15) is 6.92 Å². The molecule has 1 aliphatic heterocycles. The van der Waals surface area contributed by atoms with Gasteiger partial charge in [0, 0.05) is 0 Å². The summed E-state index contributed by atoms with van der Waals surface area (Å²) in [5.41, 5.74) is 0.206. The van der Waals surface area contributed by atoms with Crippen LogP contribution in [0.3, 0.4) is 0 Å². The first-order valence-electron chi connectivity index (χ1n) is 8.67. The maximum Gasteiger partial charge on any atom is 0.243 e. The van der Waals surface area contributed by atoms with E-state index in [0.29, 0.717) is 11.5 Å². The van der Waals surface area contributed by atoms with Crippen molar-refractivity contribution in [3.63, 3.8) is 0 Å². The third-order valence-electron chi connectivity index (χ3n) is 4.24. The lowest BCUT2D eigenvalue weighted by Crippen LogP contribution is -2.50. The number of carbonyl (C=O) groups is 1. The molecule has 150 valence electrons. The summed E-state index contributed by atoms with van der Waals surface area (Å²) < 4.78 is 49.9. The molecule has 0 fully saturated rings. The van der Waals surface area contributed by atoms with Crippen LogP contribution in [0.5, 0.6) is 11.5 Å². The fourth-order valence-corrected chi connectivity index (χ4v) is 4.10. The van der Waals surface area contributed by atoms with Crippen molar-refractivity contribution in [3.8, 4) is 11.5 Å². The fraction of sp³-hybridized carbons (Fsp3) is 0.316. The molecule has 9 heteroatoms. The molecule has 2 atom stereocenters. The first-order chi connectivity index (χ1) is 13.3. The van der Waals surface area contributed by atoms with E-state index in [2.05, 4.69) is 5.32 Å². The van der Waals surface area contributed by atoms with Crippen molar-refractivity contribution in [2.75, 3.05) is 23.7 Å². The van der Waals surface area contributed by atoms with E-state index in [0.717, 1.165) is 22.7 Å². The van der Waals surface area contributed by atoms with Crippen molar-refractivity contribution in [2.45, 2.75) is 19.1 Å². The lowest BCUT2D eigenvalue weighted by molar-refractivity contribution is -0.122. The van der Waals surface area contributed by atoms with Crippen LogP contribution < -0.4 is 19.1 Å². The van der Waals surface area contributed by atoms with E-state index in [1.165, 1.54) is 19.1 Å². The van der Waals surface area contributed by atoms with E-state index in [1.54, 1.807) is 12.1 Å². The van der Waals surface area contributed by atoms with Crippen LogP contribution >= 0.6 is 0 Å². The van der Waals surface area contributed by atoms with Crippen LogP contribution in [0.15, 0.2) is 48.5 Å². The summed E-state index contributed by atoms with van der Waals surface area (Å²) in [4.78, 5) is 12.6. The number of ether oxygens (including phenoxy) is 2. The lowest BCUT2D eigenvalue weighted by atomic mass is 10.2. The van der Waals surface area contributed by atoms with E-state index in [4.69, 9.17) is 9.47 Å². The number of rotatable bonds is 6. The van der Waals surface area contributed by atoms with Crippen molar-refractivity contribution in [1.29, 1.82) is 0 Å². The van der Waals surface area contributed by atoms with E-state index in [-0.39, 0.29) is 18.8 Å². The van der Waals surface area contributed by atoms with Crippen molar-refractivity contribution in [2.24, 2.45) is 0 Å². The number of hydrogen-bond acceptors (Lipinski definition) is 5. The normalized spacial score (nSPS) is 16.9. The standard InChI is InChI=1S/C19H21FN2O5S/c1-13(22(28(2,24)25)15-9-7-14(20)8-10-15)19(23)21-11-16-12-26-17-5-3-4-6-18(17)27-16/h3-10,13,16H,11-12H2,1-2H3,(H,21,23)/t13-,16-/m1/s1. The Morgan fingerprint density at radius 1 is 1.21 bits per heavy atom. The highest BCUT2D eigenvalue weighted by atomic mass is 32.2. The number of benzene rings is 2. The molecule has 0 unspecified atom stereocenters. The zero-order valence-electron chi connectivity index (χ0n) is 15.5. The largest absolute Gasteiger partial charge is 0.486 e. The van der Waals surface area contributed by atoms with Crippen molar-refractivity contribution < 1.29 is 27.1 Å². The average Bonchev–Trinajstić information content (AvgIpc) is 2.66. The van der Waals surface area contributed by atoms with Crippen LogP contribution in [-0.4, -0.2) is 45.9 Å². The molecule has 0 saturated carbocycles. The van der Waals surface area contributed by atoms with E-state index in [1.807, 2.05) is 12.1 Å². The topological polar surface area (TPSA) is 84.9 Å². The summed E-state index contributed by atoms with van der Waals surface area (Å²) in [5, 5.41) is 2.69. The predicted octanol–water partition coefficient (Wildman–Crippen LogP) is 1.94. The van der Waals surface area contributed by atoms with Crippen LogP contribution in [-0.2, 0) is 14.8 Å². The zero-order chi connectivity index (χ0) is 20.3. The Kier molecular flexibility index (Phi) is 5.73. The maximum atomic E-state index is 13.2. The van der Waals surface area contributed by atoms with Gasteiger partial charge in [-0.2, -0.15) is 0 Å². The molecule has 1 N–H and O–H groups in total. The second kappa shape index (κ2) is 8.05. The summed E-state index contributed by atoms with van der Waals surface area (Å²) in [7, 11) is -3.76. The third kappa shape index (κ3) is 4.53. The quantitative estimate of drug-likeness (QED) is 0.790. The number of para-hydroxylation sites is 2. The number of halogens is 1. The number of anilines is 1. The van der Waals surface area contributed by atoms with Crippen LogP contribution in [0, 0.1) is 5.82 Å². The van der Waals surface area contributed by atoms with E-state index >= 15 is 0 Å². The number of hydrogen-bond donors (Lipinski definition) is 1. The highest BCUT2D eigenvalue weighted by molar-refractivity contribution is 7.92. The number of nitrogens with zero attached hydrogens (tertiary/aromatic N) is 1. The minimum atomic E-state index is -3.76. The van der Waals surface area contributed by atoms with Crippen LogP contribution in [0.4, 0.5) is 10.1 Å². The molecule has 1 aliphatic rings. The minimum absolute atomic E-state index is 0.151. The Morgan fingerprint density at radius 2 is 1.86 bits per heavy atom. The van der Waals surface area contributed by atoms with E-state index in [9.17, 15) is 17.6 Å². The average molecular weight is 408 g/mol. The Balaban J connectivity index is 1.66. The summed E-state index contributed by atoms with van der Waals surface area (Å²) in [6.07, 6.45) is 0.596. The van der Waals surface area contributed by atoms with Gasteiger partial charge in [-0.1, -0.05) is 12.1 Å². The van der Waals surface area contributed by atoms with Crippen molar-refractivity contribution in [3.05, 3.63) is 54.3 Å². The Bertz CT molecular complexity index is 949.